The lowest BCUT2D eigenvalue weighted by molar-refractivity contribution is 0.222. The van der Waals surface area contributed by atoms with Gasteiger partial charge in [-0.25, -0.2) is 0 Å². The van der Waals surface area contributed by atoms with Gasteiger partial charge in [0, 0.05) is 7.05 Å². The van der Waals surface area contributed by atoms with Crippen LogP contribution in [0.25, 0.3) is 0 Å². The largest absolute Gasteiger partial charge is 0.461 e. The fraction of sp³-hybridized carbons (Fsp3) is 0.400. The Hall–Kier alpha value is -2.37. The van der Waals surface area contributed by atoms with Crippen LogP contribution in [0.2, 0.25) is 0 Å². The van der Waals surface area contributed by atoms with Gasteiger partial charge in [0.1, 0.15) is 0 Å². The van der Waals surface area contributed by atoms with Gasteiger partial charge in [0.05, 0.1) is 12.1 Å². The van der Waals surface area contributed by atoms with Gasteiger partial charge < -0.3 is 15.4 Å². The van der Waals surface area contributed by atoms with E-state index in [1.54, 1.807) is 7.05 Å². The molecular weight excluding hydrogens is 266 g/mol. The Labute approximate surface area is 125 Å². The van der Waals surface area contributed by atoms with Crippen LogP contribution in [0, 0.1) is 0 Å². The van der Waals surface area contributed by atoms with E-state index in [1.165, 1.54) is 0 Å². The maximum Gasteiger partial charge on any atom is 0.323 e. The van der Waals surface area contributed by atoms with Gasteiger partial charge in [-0.1, -0.05) is 30.3 Å². The van der Waals surface area contributed by atoms with Gasteiger partial charge in [0.25, 0.3) is 0 Å². The third-order valence-corrected chi connectivity index (χ3v) is 2.82. The normalized spacial score (nSPS) is 12.0. The van der Waals surface area contributed by atoms with Gasteiger partial charge in [-0.15, -0.1) is 0 Å². The van der Waals surface area contributed by atoms with E-state index in [0.717, 1.165) is 5.56 Å². The second-order valence-corrected chi connectivity index (χ2v) is 4.96. The first-order chi connectivity index (χ1) is 10.1. The Balaban J connectivity index is 2.18. The lowest BCUT2D eigenvalue weighted by Crippen LogP contribution is -2.14. The number of nitrogens with zero attached hydrogens (tertiary/aromatic N) is 3. The molecule has 1 aromatic heterocycles. The molecule has 0 bridgehead atoms. The van der Waals surface area contributed by atoms with Crippen LogP contribution in [0.15, 0.2) is 30.3 Å². The molecule has 0 spiro atoms. The third kappa shape index (κ3) is 4.30. The monoisotopic (exact) mass is 287 g/mol. The van der Waals surface area contributed by atoms with Crippen molar-refractivity contribution < 1.29 is 4.74 Å². The van der Waals surface area contributed by atoms with E-state index in [2.05, 4.69) is 44.6 Å². The van der Waals surface area contributed by atoms with Crippen molar-refractivity contribution in [3.63, 3.8) is 0 Å². The highest BCUT2D eigenvalue weighted by molar-refractivity contribution is 5.38. The van der Waals surface area contributed by atoms with Crippen LogP contribution in [0.4, 0.5) is 11.9 Å². The van der Waals surface area contributed by atoms with Gasteiger partial charge in [0.2, 0.25) is 11.9 Å². The zero-order valence-corrected chi connectivity index (χ0v) is 12.8. The van der Waals surface area contributed by atoms with E-state index in [-0.39, 0.29) is 12.1 Å². The fourth-order valence-corrected chi connectivity index (χ4v) is 1.82. The molecule has 2 rings (SSSR count). The minimum atomic E-state index is 0.0107. The fourth-order valence-electron chi connectivity index (χ4n) is 1.82. The van der Waals surface area contributed by atoms with E-state index < -0.39 is 0 Å². The average molecular weight is 287 g/mol. The Bertz CT molecular complexity index is 574. The smallest absolute Gasteiger partial charge is 0.323 e. The summed E-state index contributed by atoms with van der Waals surface area (Å²) in [4.78, 5) is 12.8. The molecular formula is C15H21N5O. The van der Waals surface area contributed by atoms with E-state index in [1.807, 2.05) is 32.0 Å². The van der Waals surface area contributed by atoms with Gasteiger partial charge in [-0.05, 0) is 26.3 Å². The number of aromatic nitrogens is 3. The summed E-state index contributed by atoms with van der Waals surface area (Å²) in [5.74, 6) is 0.963. The molecule has 0 amide bonds. The number of benzene rings is 1. The van der Waals surface area contributed by atoms with Crippen molar-refractivity contribution in [2.75, 3.05) is 17.7 Å². The van der Waals surface area contributed by atoms with Crippen LogP contribution < -0.4 is 15.4 Å². The highest BCUT2D eigenvalue weighted by Gasteiger charge is 2.11. The second-order valence-electron chi connectivity index (χ2n) is 4.96. The number of hydrogen-bond donors (Lipinski definition) is 2. The number of rotatable bonds is 6. The van der Waals surface area contributed by atoms with Crippen molar-refractivity contribution in [3.05, 3.63) is 35.9 Å². The first-order valence-electron chi connectivity index (χ1n) is 7.00. The quantitative estimate of drug-likeness (QED) is 0.851. The number of ether oxygens (including phenoxy) is 1. The SMILES string of the molecule is CNc1nc(NC(C)c2ccccc2)nc(OC(C)C)n1. The Kier molecular flexibility index (Phi) is 4.92. The van der Waals surface area contributed by atoms with Crippen LogP contribution >= 0.6 is 0 Å². The minimum absolute atomic E-state index is 0.0107. The van der Waals surface area contributed by atoms with Crippen LogP contribution in [-0.2, 0) is 0 Å². The summed E-state index contributed by atoms with van der Waals surface area (Å²) >= 11 is 0. The molecule has 1 heterocycles. The molecule has 2 N–H and O–H groups in total. The maximum atomic E-state index is 5.54. The van der Waals surface area contributed by atoms with Crippen LogP contribution in [0.5, 0.6) is 6.01 Å². The molecule has 6 nitrogen and oxygen atoms in total. The van der Waals surface area contributed by atoms with Crippen LogP contribution in [0.3, 0.4) is 0 Å². The van der Waals surface area contributed by atoms with E-state index in [0.29, 0.717) is 17.9 Å². The summed E-state index contributed by atoms with van der Waals surface area (Å²) in [6, 6.07) is 10.5. The zero-order valence-electron chi connectivity index (χ0n) is 12.8. The minimum Gasteiger partial charge on any atom is -0.461 e. The summed E-state index contributed by atoms with van der Waals surface area (Å²) < 4.78 is 5.54. The Morgan fingerprint density at radius 2 is 1.62 bits per heavy atom. The maximum absolute atomic E-state index is 5.54. The van der Waals surface area contributed by atoms with Crippen LogP contribution in [0.1, 0.15) is 32.4 Å². The molecule has 0 aliphatic heterocycles. The molecule has 6 heteroatoms. The second kappa shape index (κ2) is 6.88. The van der Waals surface area contributed by atoms with Gasteiger partial charge >= 0.3 is 6.01 Å². The number of hydrogen-bond acceptors (Lipinski definition) is 6. The molecule has 0 aliphatic carbocycles. The first-order valence-corrected chi connectivity index (χ1v) is 7.00. The van der Waals surface area contributed by atoms with Crippen molar-refractivity contribution in [1.82, 2.24) is 15.0 Å². The predicted molar refractivity (Wildman–Crippen MR) is 83.6 cm³/mol. The molecule has 21 heavy (non-hydrogen) atoms. The van der Waals surface area contributed by atoms with Crippen molar-refractivity contribution in [3.8, 4) is 6.01 Å². The molecule has 0 saturated carbocycles. The lowest BCUT2D eigenvalue weighted by Gasteiger charge is -2.15. The highest BCUT2D eigenvalue weighted by atomic mass is 16.5. The third-order valence-electron chi connectivity index (χ3n) is 2.82. The standard InChI is InChI=1S/C15H21N5O/c1-10(2)21-15-19-13(16-4)18-14(20-15)17-11(3)12-8-6-5-7-9-12/h5-11H,1-4H3,(H2,16,17,18,19,20). The van der Waals surface area contributed by atoms with Crippen molar-refractivity contribution in [2.24, 2.45) is 0 Å². The summed E-state index contributed by atoms with van der Waals surface area (Å²) in [5.41, 5.74) is 1.16. The van der Waals surface area contributed by atoms with E-state index in [4.69, 9.17) is 4.74 Å². The summed E-state index contributed by atoms with van der Waals surface area (Å²) in [6.45, 7) is 5.92. The van der Waals surface area contributed by atoms with Crippen molar-refractivity contribution in [1.29, 1.82) is 0 Å². The van der Waals surface area contributed by atoms with Gasteiger partial charge in [-0.2, -0.15) is 15.0 Å². The summed E-state index contributed by atoms with van der Waals surface area (Å²) in [7, 11) is 1.76. The molecule has 0 fully saturated rings. The topological polar surface area (TPSA) is 72.0 Å². The Morgan fingerprint density at radius 3 is 2.24 bits per heavy atom. The summed E-state index contributed by atoms with van der Waals surface area (Å²) in [5, 5.41) is 6.18. The van der Waals surface area contributed by atoms with Crippen molar-refractivity contribution >= 4 is 11.9 Å². The lowest BCUT2D eigenvalue weighted by atomic mass is 10.1. The van der Waals surface area contributed by atoms with Gasteiger partial charge in [0.15, 0.2) is 0 Å². The molecule has 0 aliphatic rings. The zero-order chi connectivity index (χ0) is 15.2. The van der Waals surface area contributed by atoms with E-state index in [9.17, 15) is 0 Å². The Morgan fingerprint density at radius 1 is 0.952 bits per heavy atom. The highest BCUT2D eigenvalue weighted by Crippen LogP contribution is 2.19. The van der Waals surface area contributed by atoms with Gasteiger partial charge in [-0.3, -0.25) is 0 Å². The number of anilines is 2. The molecule has 112 valence electrons. The molecule has 0 radical (unpaired) electrons. The molecule has 2 aromatic rings. The summed E-state index contributed by atoms with van der Waals surface area (Å²) in [6.07, 6.45) is 0.0107. The average Bonchev–Trinajstić information content (AvgIpc) is 2.47. The van der Waals surface area contributed by atoms with Crippen LogP contribution in [-0.4, -0.2) is 28.1 Å². The molecule has 0 saturated heterocycles. The molecule has 1 atom stereocenters. The number of nitrogens with one attached hydrogen (secondary N) is 2. The van der Waals surface area contributed by atoms with E-state index >= 15 is 0 Å². The predicted octanol–water partition coefficient (Wildman–Crippen LogP) is 2.87. The first kappa shape index (κ1) is 15.0. The molecule has 1 aromatic carbocycles. The molecule has 1 unspecified atom stereocenters. The van der Waals surface area contributed by atoms with Crippen molar-refractivity contribution in [2.45, 2.75) is 32.9 Å².